The van der Waals surface area contributed by atoms with Gasteiger partial charge in [0.05, 0.1) is 5.52 Å². The van der Waals surface area contributed by atoms with Crippen molar-refractivity contribution in [2.45, 2.75) is 6.92 Å². The van der Waals surface area contributed by atoms with Crippen LogP contribution in [0.5, 0.6) is 5.75 Å². The van der Waals surface area contributed by atoms with Crippen molar-refractivity contribution in [3.05, 3.63) is 58.6 Å². The molecule has 2 N–H and O–H groups in total. The number of benzene rings is 2. The van der Waals surface area contributed by atoms with Gasteiger partial charge >= 0.3 is 5.76 Å². The molecule has 6 nitrogen and oxygen atoms in total. The number of fused-ring (bicyclic) bond motifs is 1. The molecule has 22 heavy (non-hydrogen) atoms. The van der Waals surface area contributed by atoms with Crippen molar-refractivity contribution < 1.29 is 13.9 Å². The van der Waals surface area contributed by atoms with Gasteiger partial charge in [-0.2, -0.15) is 0 Å². The quantitative estimate of drug-likeness (QED) is 0.775. The van der Waals surface area contributed by atoms with Gasteiger partial charge in [0.2, 0.25) is 0 Å². The van der Waals surface area contributed by atoms with Crippen molar-refractivity contribution in [3.63, 3.8) is 0 Å². The molecular formula is C16H14N2O4. The molecule has 6 heteroatoms. The van der Waals surface area contributed by atoms with Crippen LogP contribution in [0, 0.1) is 6.92 Å². The fraction of sp³-hybridized carbons (Fsp3) is 0.125. The first kappa shape index (κ1) is 13.9. The number of ether oxygens (including phenoxy) is 1. The second-order valence-electron chi connectivity index (χ2n) is 4.88. The Kier molecular flexibility index (Phi) is 3.65. The first-order chi connectivity index (χ1) is 10.6. The van der Waals surface area contributed by atoms with Crippen LogP contribution in [0.2, 0.25) is 0 Å². The van der Waals surface area contributed by atoms with E-state index in [9.17, 15) is 9.59 Å². The van der Waals surface area contributed by atoms with Gasteiger partial charge in [0.25, 0.3) is 5.91 Å². The van der Waals surface area contributed by atoms with Crippen LogP contribution in [-0.4, -0.2) is 17.5 Å². The number of carbonyl (C=O) groups is 1. The Morgan fingerprint density at radius 1 is 1.23 bits per heavy atom. The summed E-state index contributed by atoms with van der Waals surface area (Å²) in [7, 11) is 0. The maximum atomic E-state index is 11.9. The van der Waals surface area contributed by atoms with Crippen molar-refractivity contribution in [1.29, 1.82) is 0 Å². The summed E-state index contributed by atoms with van der Waals surface area (Å²) in [6.07, 6.45) is 0. The SMILES string of the molecule is Cc1ccc(OCC(=O)Nc2ccc3oc(=O)[nH]c3c2)cc1. The van der Waals surface area contributed by atoms with E-state index >= 15 is 0 Å². The number of nitrogens with one attached hydrogen (secondary N) is 2. The van der Waals surface area contributed by atoms with Gasteiger partial charge in [-0.05, 0) is 37.3 Å². The highest BCUT2D eigenvalue weighted by atomic mass is 16.5. The van der Waals surface area contributed by atoms with E-state index in [0.717, 1.165) is 5.56 Å². The van der Waals surface area contributed by atoms with Crippen LogP contribution in [-0.2, 0) is 4.79 Å². The van der Waals surface area contributed by atoms with Gasteiger partial charge in [-0.15, -0.1) is 0 Å². The predicted molar refractivity (Wildman–Crippen MR) is 82.1 cm³/mol. The predicted octanol–water partition coefficient (Wildman–Crippen LogP) is 2.45. The summed E-state index contributed by atoms with van der Waals surface area (Å²) in [5.41, 5.74) is 2.66. The molecule has 1 heterocycles. The average Bonchev–Trinajstić information content (AvgIpc) is 2.86. The summed E-state index contributed by atoms with van der Waals surface area (Å²) in [6, 6.07) is 12.3. The fourth-order valence-corrected chi connectivity index (χ4v) is 2.01. The number of anilines is 1. The Bertz CT molecular complexity index is 862. The molecule has 112 valence electrons. The number of oxazole rings is 1. The number of aryl methyl sites for hydroxylation is 1. The van der Waals surface area contributed by atoms with E-state index in [1.165, 1.54) is 0 Å². The van der Waals surface area contributed by atoms with Crippen LogP contribution in [0.1, 0.15) is 5.56 Å². The summed E-state index contributed by atoms with van der Waals surface area (Å²) < 4.78 is 10.3. The van der Waals surface area contributed by atoms with Gasteiger partial charge in [-0.3, -0.25) is 9.78 Å². The zero-order valence-electron chi connectivity index (χ0n) is 11.9. The minimum absolute atomic E-state index is 0.0942. The molecule has 0 bridgehead atoms. The Balaban J connectivity index is 1.62. The molecule has 0 aliphatic rings. The largest absolute Gasteiger partial charge is 0.484 e. The van der Waals surface area contributed by atoms with Gasteiger partial charge in [0.1, 0.15) is 5.75 Å². The van der Waals surface area contributed by atoms with Crippen molar-refractivity contribution in [2.75, 3.05) is 11.9 Å². The highest BCUT2D eigenvalue weighted by Gasteiger charge is 2.06. The second kappa shape index (κ2) is 5.77. The zero-order chi connectivity index (χ0) is 15.5. The molecule has 3 aromatic rings. The van der Waals surface area contributed by atoms with Crippen LogP contribution in [0.15, 0.2) is 51.7 Å². The van der Waals surface area contributed by atoms with E-state index in [0.29, 0.717) is 22.5 Å². The topological polar surface area (TPSA) is 84.3 Å². The molecule has 0 saturated carbocycles. The Morgan fingerprint density at radius 3 is 2.77 bits per heavy atom. The van der Waals surface area contributed by atoms with Crippen LogP contribution in [0.3, 0.4) is 0 Å². The fourth-order valence-electron chi connectivity index (χ4n) is 2.01. The molecule has 0 saturated heterocycles. The third kappa shape index (κ3) is 3.17. The summed E-state index contributed by atoms with van der Waals surface area (Å²) in [6.45, 7) is 1.88. The number of hydrogen-bond acceptors (Lipinski definition) is 4. The maximum Gasteiger partial charge on any atom is 0.417 e. The number of amides is 1. The molecule has 1 aromatic heterocycles. The molecule has 0 radical (unpaired) electrons. The van der Waals surface area contributed by atoms with Crippen LogP contribution < -0.4 is 15.8 Å². The van der Waals surface area contributed by atoms with Gasteiger partial charge in [-0.1, -0.05) is 17.7 Å². The van der Waals surface area contributed by atoms with Crippen molar-refractivity contribution in [2.24, 2.45) is 0 Å². The smallest absolute Gasteiger partial charge is 0.417 e. The van der Waals surface area contributed by atoms with Gasteiger partial charge < -0.3 is 14.5 Å². The summed E-state index contributed by atoms with van der Waals surface area (Å²) in [5.74, 6) is -0.178. The molecule has 0 atom stereocenters. The number of hydrogen-bond donors (Lipinski definition) is 2. The first-order valence-corrected chi connectivity index (χ1v) is 6.72. The normalized spacial score (nSPS) is 10.6. The minimum Gasteiger partial charge on any atom is -0.484 e. The Morgan fingerprint density at radius 2 is 2.00 bits per heavy atom. The van der Waals surface area contributed by atoms with Crippen molar-refractivity contribution in [3.8, 4) is 5.75 Å². The van der Waals surface area contributed by atoms with Gasteiger partial charge in [-0.25, -0.2) is 4.79 Å². The number of H-pyrrole nitrogens is 1. The molecular weight excluding hydrogens is 284 g/mol. The van der Waals surface area contributed by atoms with E-state index in [2.05, 4.69) is 10.3 Å². The number of carbonyl (C=O) groups excluding carboxylic acids is 1. The molecule has 0 aliphatic heterocycles. The summed E-state index contributed by atoms with van der Waals surface area (Å²) >= 11 is 0. The van der Waals surface area contributed by atoms with E-state index in [1.807, 2.05) is 31.2 Å². The van der Waals surface area contributed by atoms with E-state index in [4.69, 9.17) is 9.15 Å². The van der Waals surface area contributed by atoms with Crippen LogP contribution in [0.4, 0.5) is 5.69 Å². The Hall–Kier alpha value is -3.02. The Labute approximate surface area is 125 Å². The lowest BCUT2D eigenvalue weighted by atomic mass is 10.2. The average molecular weight is 298 g/mol. The molecule has 0 unspecified atom stereocenters. The highest BCUT2D eigenvalue weighted by Crippen LogP contribution is 2.16. The molecule has 0 spiro atoms. The van der Waals surface area contributed by atoms with E-state index in [-0.39, 0.29) is 12.5 Å². The molecule has 0 aliphatic carbocycles. The van der Waals surface area contributed by atoms with Gasteiger partial charge in [0.15, 0.2) is 12.2 Å². The molecule has 0 fully saturated rings. The molecule has 3 rings (SSSR count). The second-order valence-corrected chi connectivity index (χ2v) is 4.88. The zero-order valence-corrected chi connectivity index (χ0v) is 11.9. The van der Waals surface area contributed by atoms with Crippen molar-refractivity contribution in [1.82, 2.24) is 4.98 Å². The monoisotopic (exact) mass is 298 g/mol. The number of aromatic nitrogens is 1. The standard InChI is InChI=1S/C16H14N2O4/c1-10-2-5-12(6-3-10)21-9-15(19)17-11-4-7-14-13(8-11)18-16(20)22-14/h2-8H,9H2,1H3,(H,17,19)(H,18,20). The lowest BCUT2D eigenvalue weighted by Gasteiger charge is -2.07. The highest BCUT2D eigenvalue weighted by molar-refractivity contribution is 5.93. The molecule has 2 aromatic carbocycles. The summed E-state index contributed by atoms with van der Waals surface area (Å²) in [5, 5.41) is 2.70. The lowest BCUT2D eigenvalue weighted by molar-refractivity contribution is -0.118. The number of aromatic amines is 1. The number of rotatable bonds is 4. The third-order valence-electron chi connectivity index (χ3n) is 3.09. The maximum absolute atomic E-state index is 11.9. The van der Waals surface area contributed by atoms with Crippen LogP contribution >= 0.6 is 0 Å². The van der Waals surface area contributed by atoms with E-state index < -0.39 is 5.76 Å². The minimum atomic E-state index is -0.527. The lowest BCUT2D eigenvalue weighted by Crippen LogP contribution is -2.20. The van der Waals surface area contributed by atoms with Crippen molar-refractivity contribution >= 4 is 22.7 Å². The first-order valence-electron chi connectivity index (χ1n) is 6.72. The molecule has 1 amide bonds. The van der Waals surface area contributed by atoms with Crippen LogP contribution in [0.25, 0.3) is 11.1 Å². The van der Waals surface area contributed by atoms with E-state index in [1.54, 1.807) is 18.2 Å². The van der Waals surface area contributed by atoms with Gasteiger partial charge in [0, 0.05) is 5.69 Å². The third-order valence-corrected chi connectivity index (χ3v) is 3.09. The summed E-state index contributed by atoms with van der Waals surface area (Å²) in [4.78, 5) is 25.5.